The summed E-state index contributed by atoms with van der Waals surface area (Å²) in [7, 11) is -3.49. The molecule has 0 aromatic heterocycles. The molecular weight excluding hydrogens is 214 g/mol. The van der Waals surface area contributed by atoms with Crippen LogP contribution in [0.1, 0.15) is 26.2 Å². The van der Waals surface area contributed by atoms with Gasteiger partial charge in [0.15, 0.2) is 0 Å². The van der Waals surface area contributed by atoms with Crippen LogP contribution in [0.3, 0.4) is 0 Å². The van der Waals surface area contributed by atoms with Crippen molar-refractivity contribution in [2.24, 2.45) is 0 Å². The van der Waals surface area contributed by atoms with Crippen molar-refractivity contribution < 1.29 is 13.2 Å². The molecule has 4 nitrogen and oxygen atoms in total. The zero-order valence-electron chi connectivity index (χ0n) is 8.95. The first kappa shape index (κ1) is 12.4. The summed E-state index contributed by atoms with van der Waals surface area (Å²) in [5, 5.41) is 2.55. The monoisotopic (exact) mass is 231 g/mol. The van der Waals surface area contributed by atoms with Crippen molar-refractivity contribution in [3.63, 3.8) is 0 Å². The standard InChI is InChI=1S/C10H17NO3S/c1-2-15(13,14)10(12)6-5-9-4-3-7-11-8-9/h4,11H,2-3,5-8H2,1H3. The lowest BCUT2D eigenvalue weighted by atomic mass is 10.1. The lowest BCUT2D eigenvalue weighted by molar-refractivity contribution is -0.111. The zero-order chi connectivity index (χ0) is 11.3. The molecule has 0 radical (unpaired) electrons. The van der Waals surface area contributed by atoms with E-state index in [4.69, 9.17) is 0 Å². The minimum absolute atomic E-state index is 0.0941. The van der Waals surface area contributed by atoms with Crippen LogP contribution in [0.4, 0.5) is 0 Å². The van der Waals surface area contributed by atoms with Crippen molar-refractivity contribution in [1.82, 2.24) is 5.32 Å². The quantitative estimate of drug-likeness (QED) is 0.721. The van der Waals surface area contributed by atoms with Gasteiger partial charge in [-0.1, -0.05) is 18.6 Å². The van der Waals surface area contributed by atoms with Crippen LogP contribution in [-0.4, -0.2) is 32.4 Å². The Labute approximate surface area is 90.7 Å². The molecule has 15 heavy (non-hydrogen) atoms. The fourth-order valence-corrected chi connectivity index (χ4v) is 2.20. The topological polar surface area (TPSA) is 63.2 Å². The van der Waals surface area contributed by atoms with E-state index < -0.39 is 15.0 Å². The van der Waals surface area contributed by atoms with E-state index in [1.807, 2.05) is 0 Å². The molecule has 0 bridgehead atoms. The second kappa shape index (κ2) is 5.42. The Bertz CT molecular complexity index is 357. The molecule has 0 aromatic rings. The van der Waals surface area contributed by atoms with Gasteiger partial charge < -0.3 is 5.32 Å². The Kier molecular flexibility index (Phi) is 4.47. The predicted octanol–water partition coefficient (Wildman–Crippen LogP) is 0.648. The maximum atomic E-state index is 11.3. The number of nitrogens with one attached hydrogen (secondary N) is 1. The van der Waals surface area contributed by atoms with E-state index in [-0.39, 0.29) is 12.2 Å². The van der Waals surface area contributed by atoms with Crippen molar-refractivity contribution in [3.8, 4) is 0 Å². The molecule has 1 aliphatic rings. The first-order valence-electron chi connectivity index (χ1n) is 5.20. The molecule has 0 atom stereocenters. The summed E-state index contributed by atoms with van der Waals surface area (Å²) in [6.07, 6.45) is 3.72. The number of carbonyl (C=O) groups is 1. The first-order chi connectivity index (χ1) is 7.06. The van der Waals surface area contributed by atoms with Gasteiger partial charge in [-0.2, -0.15) is 0 Å². The number of hydrogen-bond donors (Lipinski definition) is 1. The highest BCUT2D eigenvalue weighted by atomic mass is 32.2. The lowest BCUT2D eigenvalue weighted by Crippen LogP contribution is -2.23. The van der Waals surface area contributed by atoms with Crippen molar-refractivity contribution in [2.75, 3.05) is 18.8 Å². The maximum absolute atomic E-state index is 11.3. The highest BCUT2D eigenvalue weighted by Gasteiger charge is 2.19. The number of rotatable bonds is 4. The van der Waals surface area contributed by atoms with Gasteiger partial charge >= 0.3 is 0 Å². The summed E-state index contributed by atoms with van der Waals surface area (Å²) in [4.78, 5) is 11.3. The molecule has 0 saturated heterocycles. The van der Waals surface area contributed by atoms with Crippen LogP contribution >= 0.6 is 0 Å². The summed E-state index contributed by atoms with van der Waals surface area (Å²) >= 11 is 0. The molecule has 0 unspecified atom stereocenters. The molecular formula is C10H17NO3S. The second-order valence-corrected chi connectivity index (χ2v) is 5.87. The Balaban J connectivity index is 2.43. The summed E-state index contributed by atoms with van der Waals surface area (Å²) in [6, 6.07) is 0. The van der Waals surface area contributed by atoms with Crippen LogP contribution in [0.2, 0.25) is 0 Å². The van der Waals surface area contributed by atoms with Crippen LogP contribution in [0.15, 0.2) is 11.6 Å². The Morgan fingerprint density at radius 1 is 1.53 bits per heavy atom. The van der Waals surface area contributed by atoms with Crippen molar-refractivity contribution in [1.29, 1.82) is 0 Å². The van der Waals surface area contributed by atoms with Gasteiger partial charge in [0, 0.05) is 13.0 Å². The highest BCUT2D eigenvalue weighted by Crippen LogP contribution is 2.10. The summed E-state index contributed by atoms with van der Waals surface area (Å²) < 4.78 is 22.4. The summed E-state index contributed by atoms with van der Waals surface area (Å²) in [5.41, 5.74) is 1.14. The van der Waals surface area contributed by atoms with Gasteiger partial charge in [0.2, 0.25) is 15.0 Å². The van der Waals surface area contributed by atoms with E-state index in [1.165, 1.54) is 6.92 Å². The minimum Gasteiger partial charge on any atom is -0.313 e. The Morgan fingerprint density at radius 2 is 2.27 bits per heavy atom. The second-order valence-electron chi connectivity index (χ2n) is 3.60. The molecule has 0 fully saturated rings. The predicted molar refractivity (Wildman–Crippen MR) is 59.3 cm³/mol. The van der Waals surface area contributed by atoms with E-state index in [1.54, 1.807) is 0 Å². The molecule has 0 aliphatic carbocycles. The molecule has 0 aromatic carbocycles. The smallest absolute Gasteiger partial charge is 0.246 e. The third kappa shape index (κ3) is 3.76. The average Bonchev–Trinajstić information content (AvgIpc) is 2.27. The average molecular weight is 231 g/mol. The summed E-state index contributed by atoms with van der Waals surface area (Å²) in [5.74, 6) is -0.0941. The van der Waals surface area contributed by atoms with Gasteiger partial charge in [-0.15, -0.1) is 0 Å². The molecule has 5 heteroatoms. The molecule has 1 rings (SSSR count). The van der Waals surface area contributed by atoms with Crippen LogP contribution in [0, 0.1) is 0 Å². The van der Waals surface area contributed by atoms with Gasteiger partial charge in [-0.3, -0.25) is 4.79 Å². The molecule has 0 spiro atoms. The molecule has 0 amide bonds. The Hall–Kier alpha value is -0.680. The molecule has 1 aliphatic heterocycles. The van der Waals surface area contributed by atoms with Crippen molar-refractivity contribution in [3.05, 3.63) is 11.6 Å². The fourth-order valence-electron chi connectivity index (χ4n) is 1.47. The lowest BCUT2D eigenvalue weighted by Gasteiger charge is -2.13. The molecule has 1 N–H and O–H groups in total. The van der Waals surface area contributed by atoms with Gasteiger partial charge in [-0.25, -0.2) is 8.42 Å². The number of carbonyl (C=O) groups excluding carboxylic acids is 1. The SMILES string of the molecule is CCS(=O)(=O)C(=O)CCC1=CCCNC1. The highest BCUT2D eigenvalue weighted by molar-refractivity contribution is 8.06. The summed E-state index contributed by atoms with van der Waals surface area (Å²) in [6.45, 7) is 3.23. The van der Waals surface area contributed by atoms with Gasteiger partial charge in [0.05, 0.1) is 5.75 Å². The van der Waals surface area contributed by atoms with E-state index >= 15 is 0 Å². The van der Waals surface area contributed by atoms with Gasteiger partial charge in [0.1, 0.15) is 0 Å². The molecule has 1 heterocycles. The maximum Gasteiger partial charge on any atom is 0.246 e. The Morgan fingerprint density at radius 3 is 2.80 bits per heavy atom. The van der Waals surface area contributed by atoms with Crippen LogP contribution in [0.5, 0.6) is 0 Å². The van der Waals surface area contributed by atoms with E-state index in [0.29, 0.717) is 6.42 Å². The van der Waals surface area contributed by atoms with Crippen LogP contribution in [-0.2, 0) is 14.6 Å². The van der Waals surface area contributed by atoms with Crippen LogP contribution < -0.4 is 5.32 Å². The third-order valence-corrected chi connectivity index (χ3v) is 4.14. The zero-order valence-corrected chi connectivity index (χ0v) is 9.77. The van der Waals surface area contributed by atoms with Gasteiger partial charge in [0.25, 0.3) is 0 Å². The number of hydrogen-bond acceptors (Lipinski definition) is 4. The fraction of sp³-hybridized carbons (Fsp3) is 0.700. The molecule has 86 valence electrons. The first-order valence-corrected chi connectivity index (χ1v) is 6.85. The normalized spacial score (nSPS) is 17.3. The number of sulfone groups is 1. The van der Waals surface area contributed by atoms with Crippen LogP contribution in [0.25, 0.3) is 0 Å². The van der Waals surface area contributed by atoms with Crippen molar-refractivity contribution in [2.45, 2.75) is 26.2 Å². The van der Waals surface area contributed by atoms with E-state index in [0.717, 1.165) is 25.1 Å². The van der Waals surface area contributed by atoms with Crippen molar-refractivity contribution >= 4 is 15.0 Å². The molecule has 0 saturated carbocycles. The third-order valence-electron chi connectivity index (χ3n) is 2.48. The van der Waals surface area contributed by atoms with E-state index in [2.05, 4.69) is 11.4 Å². The van der Waals surface area contributed by atoms with Gasteiger partial charge in [-0.05, 0) is 19.4 Å². The largest absolute Gasteiger partial charge is 0.313 e. The minimum atomic E-state index is -3.49. The van der Waals surface area contributed by atoms with E-state index in [9.17, 15) is 13.2 Å².